The van der Waals surface area contributed by atoms with Crippen LogP contribution in [0, 0.1) is 13.8 Å². The minimum Gasteiger partial charge on any atom is -0.496 e. The molecule has 0 aliphatic heterocycles. The summed E-state index contributed by atoms with van der Waals surface area (Å²) in [6.07, 6.45) is 0. The van der Waals surface area contributed by atoms with Crippen LogP contribution in [0.4, 0.5) is 5.69 Å². The number of hydrogen-bond donors (Lipinski definition) is 1. The second-order valence-electron chi connectivity index (χ2n) is 5.37. The normalized spacial score (nSPS) is 11.7. The van der Waals surface area contributed by atoms with Crippen LogP contribution in [0.15, 0.2) is 27.6 Å². The molecular formula is C15H20N2O4S. The molecule has 1 aromatic heterocycles. The number of nitrogens with zero attached hydrogens (tertiary/aromatic N) is 1. The van der Waals surface area contributed by atoms with Crippen molar-refractivity contribution in [2.24, 2.45) is 0 Å². The summed E-state index contributed by atoms with van der Waals surface area (Å²) in [6.45, 7) is 7.20. The number of hydrogen-bond acceptors (Lipinski definition) is 5. The number of methoxy groups -OCH3 is 1. The third-order valence-electron chi connectivity index (χ3n) is 3.34. The molecule has 0 radical (unpaired) electrons. The second-order valence-corrected chi connectivity index (χ2v) is 6.99. The van der Waals surface area contributed by atoms with Crippen LogP contribution in [-0.2, 0) is 10.0 Å². The summed E-state index contributed by atoms with van der Waals surface area (Å²) in [4.78, 5) is 0.0782. The van der Waals surface area contributed by atoms with E-state index < -0.39 is 10.0 Å². The Morgan fingerprint density at radius 3 is 2.45 bits per heavy atom. The maximum atomic E-state index is 12.5. The number of anilines is 1. The van der Waals surface area contributed by atoms with Gasteiger partial charge in [0.15, 0.2) is 10.7 Å². The van der Waals surface area contributed by atoms with Gasteiger partial charge in [0.05, 0.1) is 7.11 Å². The third kappa shape index (κ3) is 3.09. The Hall–Kier alpha value is -2.02. The van der Waals surface area contributed by atoms with Crippen molar-refractivity contribution in [2.75, 3.05) is 11.8 Å². The molecule has 22 heavy (non-hydrogen) atoms. The van der Waals surface area contributed by atoms with Crippen LogP contribution < -0.4 is 9.46 Å². The van der Waals surface area contributed by atoms with E-state index in [4.69, 9.17) is 9.26 Å². The fourth-order valence-corrected chi connectivity index (χ4v) is 3.69. The Bertz CT molecular complexity index is 759. The molecule has 0 atom stereocenters. The maximum absolute atomic E-state index is 12.5. The minimum atomic E-state index is -3.74. The Morgan fingerprint density at radius 2 is 1.95 bits per heavy atom. The van der Waals surface area contributed by atoms with Crippen LogP contribution in [0.1, 0.15) is 36.8 Å². The average Bonchev–Trinajstić information content (AvgIpc) is 2.78. The highest BCUT2D eigenvalue weighted by atomic mass is 32.2. The van der Waals surface area contributed by atoms with E-state index in [2.05, 4.69) is 9.88 Å². The van der Waals surface area contributed by atoms with Crippen LogP contribution >= 0.6 is 0 Å². The minimum absolute atomic E-state index is 0.0782. The highest BCUT2D eigenvalue weighted by Crippen LogP contribution is 2.30. The van der Waals surface area contributed by atoms with E-state index in [1.54, 1.807) is 39.2 Å². The van der Waals surface area contributed by atoms with E-state index in [0.29, 0.717) is 11.4 Å². The van der Waals surface area contributed by atoms with Gasteiger partial charge in [-0.2, -0.15) is 0 Å². The van der Waals surface area contributed by atoms with Gasteiger partial charge in [-0.1, -0.05) is 19.0 Å². The first-order valence-corrected chi connectivity index (χ1v) is 8.38. The van der Waals surface area contributed by atoms with Crippen molar-refractivity contribution in [3.05, 3.63) is 35.2 Å². The molecule has 0 amide bonds. The summed E-state index contributed by atoms with van der Waals surface area (Å²) in [5, 5.41) is 3.68. The molecule has 1 N–H and O–H groups in total. The van der Waals surface area contributed by atoms with Crippen molar-refractivity contribution in [1.29, 1.82) is 0 Å². The lowest BCUT2D eigenvalue weighted by molar-refractivity contribution is 0.390. The molecule has 0 saturated heterocycles. The highest BCUT2D eigenvalue weighted by Gasteiger charge is 2.24. The van der Waals surface area contributed by atoms with Gasteiger partial charge in [0.25, 0.3) is 10.0 Å². The van der Waals surface area contributed by atoms with Gasteiger partial charge in [-0.15, -0.1) is 0 Å². The number of aromatic nitrogens is 1. The Kier molecular flexibility index (Phi) is 4.46. The van der Waals surface area contributed by atoms with Gasteiger partial charge in [-0.05, 0) is 43.5 Å². The molecule has 0 aliphatic rings. The molecule has 1 aromatic carbocycles. The number of rotatable bonds is 5. The summed E-state index contributed by atoms with van der Waals surface area (Å²) in [5.41, 5.74) is 1.74. The van der Waals surface area contributed by atoms with E-state index in [9.17, 15) is 8.42 Å². The average molecular weight is 324 g/mol. The molecule has 0 fully saturated rings. The first-order chi connectivity index (χ1) is 10.3. The smallest absolute Gasteiger partial charge is 0.267 e. The van der Waals surface area contributed by atoms with Crippen molar-refractivity contribution in [2.45, 2.75) is 38.5 Å². The molecule has 0 saturated carbocycles. The van der Waals surface area contributed by atoms with Gasteiger partial charge in [-0.25, -0.2) is 8.42 Å². The summed E-state index contributed by atoms with van der Waals surface area (Å²) in [5.74, 6) is 1.20. The fraction of sp³-hybridized carbons (Fsp3) is 0.400. The quantitative estimate of drug-likeness (QED) is 0.913. The van der Waals surface area contributed by atoms with E-state index in [-0.39, 0.29) is 16.6 Å². The molecule has 7 heteroatoms. The largest absolute Gasteiger partial charge is 0.496 e. The Morgan fingerprint density at radius 1 is 1.27 bits per heavy atom. The zero-order chi connectivity index (χ0) is 16.5. The second kappa shape index (κ2) is 6.00. The number of aryl methyl sites for hydroxylation is 2. The number of sulfonamides is 1. The monoisotopic (exact) mass is 324 g/mol. The standard InChI is InChI=1S/C15H20N2O4S/c1-9(2)13-8-12(6-7-14(13)20-5)17-22(18,19)15-10(3)16-21-11(15)4/h6-9,17H,1-5H3. The van der Waals surface area contributed by atoms with Crippen LogP contribution in [0.2, 0.25) is 0 Å². The SMILES string of the molecule is COc1ccc(NS(=O)(=O)c2c(C)noc2C)cc1C(C)C. The first kappa shape index (κ1) is 16.4. The predicted molar refractivity (Wildman–Crippen MR) is 83.9 cm³/mol. The summed E-state index contributed by atoms with van der Waals surface area (Å²) in [6, 6.07) is 5.19. The molecule has 0 bridgehead atoms. The lowest BCUT2D eigenvalue weighted by Gasteiger charge is -2.14. The van der Waals surface area contributed by atoms with Crippen molar-refractivity contribution < 1.29 is 17.7 Å². The summed E-state index contributed by atoms with van der Waals surface area (Å²) in [7, 11) is -2.15. The zero-order valence-corrected chi connectivity index (χ0v) is 14.1. The number of nitrogens with one attached hydrogen (secondary N) is 1. The van der Waals surface area contributed by atoms with E-state index >= 15 is 0 Å². The summed E-state index contributed by atoms with van der Waals surface area (Å²) >= 11 is 0. The van der Waals surface area contributed by atoms with Crippen LogP contribution in [0.3, 0.4) is 0 Å². The number of benzene rings is 1. The van der Waals surface area contributed by atoms with Gasteiger partial charge < -0.3 is 9.26 Å². The highest BCUT2D eigenvalue weighted by molar-refractivity contribution is 7.92. The van der Waals surface area contributed by atoms with E-state index in [0.717, 1.165) is 11.3 Å². The van der Waals surface area contributed by atoms with Gasteiger partial charge in [-0.3, -0.25) is 4.72 Å². The molecule has 1 heterocycles. The molecule has 2 aromatic rings. The molecule has 2 rings (SSSR count). The number of ether oxygens (including phenoxy) is 1. The van der Waals surface area contributed by atoms with Crippen molar-refractivity contribution >= 4 is 15.7 Å². The van der Waals surface area contributed by atoms with Crippen molar-refractivity contribution in [3.8, 4) is 5.75 Å². The van der Waals surface area contributed by atoms with Crippen LogP contribution in [-0.4, -0.2) is 20.7 Å². The van der Waals surface area contributed by atoms with E-state index in [1.165, 1.54) is 0 Å². The summed E-state index contributed by atoms with van der Waals surface area (Å²) < 4.78 is 37.8. The van der Waals surface area contributed by atoms with Gasteiger partial charge in [0.2, 0.25) is 0 Å². The molecule has 0 aliphatic carbocycles. The Labute approximate surface area is 130 Å². The fourth-order valence-electron chi connectivity index (χ4n) is 2.31. The van der Waals surface area contributed by atoms with Crippen LogP contribution in [0.25, 0.3) is 0 Å². The predicted octanol–water partition coefficient (Wildman–Crippen LogP) is 3.22. The van der Waals surface area contributed by atoms with Crippen LogP contribution in [0.5, 0.6) is 5.75 Å². The first-order valence-electron chi connectivity index (χ1n) is 6.90. The molecule has 120 valence electrons. The lowest BCUT2D eigenvalue weighted by atomic mass is 10.0. The molecule has 0 spiro atoms. The molecular weight excluding hydrogens is 304 g/mol. The van der Waals surface area contributed by atoms with Gasteiger partial charge in [0.1, 0.15) is 11.4 Å². The van der Waals surface area contributed by atoms with Gasteiger partial charge in [0, 0.05) is 5.69 Å². The topological polar surface area (TPSA) is 81.4 Å². The van der Waals surface area contributed by atoms with Crippen molar-refractivity contribution in [1.82, 2.24) is 5.16 Å². The van der Waals surface area contributed by atoms with Crippen molar-refractivity contribution in [3.63, 3.8) is 0 Å². The lowest BCUT2D eigenvalue weighted by Crippen LogP contribution is -2.14. The maximum Gasteiger partial charge on any atom is 0.267 e. The molecule has 6 nitrogen and oxygen atoms in total. The molecule has 0 unspecified atom stereocenters. The van der Waals surface area contributed by atoms with Gasteiger partial charge >= 0.3 is 0 Å². The zero-order valence-electron chi connectivity index (χ0n) is 13.3. The van der Waals surface area contributed by atoms with E-state index in [1.807, 2.05) is 13.8 Å². The Balaban J connectivity index is 2.41. The third-order valence-corrected chi connectivity index (χ3v) is 4.97.